The fourth-order valence-corrected chi connectivity index (χ4v) is 3.00. The van der Waals surface area contributed by atoms with Crippen LogP contribution in [0.4, 0.5) is 0 Å². The lowest BCUT2D eigenvalue weighted by Crippen LogP contribution is -2.41. The molecule has 3 rings (SSSR count). The maximum absolute atomic E-state index is 12.5. The number of likely N-dealkylation sites (tertiary alicyclic amines) is 1. The third kappa shape index (κ3) is 2.01. The van der Waals surface area contributed by atoms with E-state index >= 15 is 0 Å². The lowest BCUT2D eigenvalue weighted by molar-refractivity contribution is 0.0725. The first kappa shape index (κ1) is 11.7. The average molecular weight is 245 g/mol. The SMILES string of the molecule is CNC[C@@H]1CC2(CC2)CN1C(=O)c1ccccn1. The van der Waals surface area contributed by atoms with E-state index in [2.05, 4.69) is 10.3 Å². The van der Waals surface area contributed by atoms with Crippen LogP contribution in [0.3, 0.4) is 0 Å². The molecule has 1 N–H and O–H groups in total. The number of carbonyl (C=O) groups is 1. The van der Waals surface area contributed by atoms with Crippen LogP contribution in [0.15, 0.2) is 24.4 Å². The fourth-order valence-electron chi connectivity index (χ4n) is 3.00. The number of rotatable bonds is 3. The Morgan fingerprint density at radius 2 is 2.39 bits per heavy atom. The van der Waals surface area contributed by atoms with Crippen molar-refractivity contribution < 1.29 is 4.79 Å². The topological polar surface area (TPSA) is 45.2 Å². The van der Waals surface area contributed by atoms with E-state index in [1.54, 1.807) is 12.3 Å². The predicted molar refractivity (Wildman–Crippen MR) is 69.3 cm³/mol. The number of nitrogens with one attached hydrogen (secondary N) is 1. The van der Waals surface area contributed by atoms with Gasteiger partial charge in [-0.2, -0.15) is 0 Å². The summed E-state index contributed by atoms with van der Waals surface area (Å²) < 4.78 is 0. The minimum Gasteiger partial charge on any atom is -0.332 e. The van der Waals surface area contributed by atoms with Crippen molar-refractivity contribution in [2.45, 2.75) is 25.3 Å². The van der Waals surface area contributed by atoms with Crippen LogP contribution < -0.4 is 5.32 Å². The van der Waals surface area contributed by atoms with E-state index in [4.69, 9.17) is 0 Å². The molecule has 0 unspecified atom stereocenters. The highest BCUT2D eigenvalue weighted by atomic mass is 16.2. The minimum absolute atomic E-state index is 0.0830. The highest BCUT2D eigenvalue weighted by Crippen LogP contribution is 2.54. The summed E-state index contributed by atoms with van der Waals surface area (Å²) in [6.45, 7) is 1.79. The van der Waals surface area contributed by atoms with Gasteiger partial charge in [0.05, 0.1) is 0 Å². The van der Waals surface area contributed by atoms with Gasteiger partial charge in [-0.15, -0.1) is 0 Å². The molecule has 4 nitrogen and oxygen atoms in total. The molecule has 1 atom stereocenters. The molecule has 0 bridgehead atoms. The van der Waals surface area contributed by atoms with Crippen LogP contribution in [0, 0.1) is 5.41 Å². The predicted octanol–water partition coefficient (Wildman–Crippen LogP) is 1.30. The second kappa shape index (κ2) is 4.35. The Bertz CT molecular complexity index is 442. The van der Waals surface area contributed by atoms with Gasteiger partial charge in [-0.05, 0) is 43.9 Å². The minimum atomic E-state index is 0.0830. The summed E-state index contributed by atoms with van der Waals surface area (Å²) in [5.41, 5.74) is 1.00. The van der Waals surface area contributed by atoms with E-state index in [0.29, 0.717) is 17.2 Å². The van der Waals surface area contributed by atoms with E-state index < -0.39 is 0 Å². The van der Waals surface area contributed by atoms with Gasteiger partial charge >= 0.3 is 0 Å². The molecule has 1 aromatic heterocycles. The smallest absolute Gasteiger partial charge is 0.272 e. The van der Waals surface area contributed by atoms with Crippen LogP contribution in [0.25, 0.3) is 0 Å². The van der Waals surface area contributed by atoms with Gasteiger partial charge in [0.1, 0.15) is 5.69 Å². The Morgan fingerprint density at radius 1 is 1.56 bits per heavy atom. The van der Waals surface area contributed by atoms with Gasteiger partial charge in [0.25, 0.3) is 5.91 Å². The monoisotopic (exact) mass is 245 g/mol. The zero-order valence-corrected chi connectivity index (χ0v) is 10.7. The molecular weight excluding hydrogens is 226 g/mol. The summed E-state index contributed by atoms with van der Waals surface area (Å²) in [6, 6.07) is 5.84. The number of pyridine rings is 1. The zero-order chi connectivity index (χ0) is 12.6. The molecule has 1 amide bonds. The maximum atomic E-state index is 12.5. The molecule has 2 fully saturated rings. The summed E-state index contributed by atoms with van der Waals surface area (Å²) in [6.07, 6.45) is 5.38. The molecule has 96 valence electrons. The highest BCUT2D eigenvalue weighted by Gasteiger charge is 2.53. The molecular formula is C14H19N3O. The third-order valence-electron chi connectivity index (χ3n) is 4.16. The molecule has 1 spiro atoms. The fraction of sp³-hybridized carbons (Fsp3) is 0.571. The van der Waals surface area contributed by atoms with Crippen molar-refractivity contribution in [1.29, 1.82) is 0 Å². The van der Waals surface area contributed by atoms with E-state index in [9.17, 15) is 4.79 Å². The van der Waals surface area contributed by atoms with Gasteiger partial charge in [-0.3, -0.25) is 9.78 Å². The molecule has 1 aliphatic carbocycles. The summed E-state index contributed by atoms with van der Waals surface area (Å²) in [5, 5.41) is 3.20. The largest absolute Gasteiger partial charge is 0.332 e. The standard InChI is InChI=1S/C14H19N3O/c1-15-9-11-8-14(5-6-14)10-17(11)13(18)12-4-2-3-7-16-12/h2-4,7,11,15H,5-6,8-10H2,1H3/t11-/m0/s1. The first-order valence-electron chi connectivity index (χ1n) is 6.61. The summed E-state index contributed by atoms with van der Waals surface area (Å²) >= 11 is 0. The van der Waals surface area contributed by atoms with Crippen molar-refractivity contribution in [1.82, 2.24) is 15.2 Å². The zero-order valence-electron chi connectivity index (χ0n) is 10.7. The highest BCUT2D eigenvalue weighted by molar-refractivity contribution is 5.92. The molecule has 4 heteroatoms. The first-order valence-corrected chi connectivity index (χ1v) is 6.61. The molecule has 1 saturated carbocycles. The average Bonchev–Trinajstić information content (AvgIpc) is 3.05. The van der Waals surface area contributed by atoms with Crippen molar-refractivity contribution in [3.8, 4) is 0 Å². The van der Waals surface area contributed by atoms with Crippen molar-refractivity contribution in [3.63, 3.8) is 0 Å². The number of carbonyl (C=O) groups excluding carboxylic acids is 1. The molecule has 1 aromatic rings. The number of likely N-dealkylation sites (N-methyl/N-ethyl adjacent to an activating group) is 1. The van der Waals surface area contributed by atoms with Crippen LogP contribution in [-0.2, 0) is 0 Å². The van der Waals surface area contributed by atoms with E-state index in [1.165, 1.54) is 12.8 Å². The maximum Gasteiger partial charge on any atom is 0.272 e. The van der Waals surface area contributed by atoms with E-state index in [-0.39, 0.29) is 5.91 Å². The van der Waals surface area contributed by atoms with Crippen molar-refractivity contribution >= 4 is 5.91 Å². The molecule has 0 aromatic carbocycles. The van der Waals surface area contributed by atoms with Crippen LogP contribution in [-0.4, -0.2) is 42.0 Å². The van der Waals surface area contributed by atoms with Crippen LogP contribution in [0.1, 0.15) is 29.8 Å². The molecule has 2 aliphatic rings. The molecule has 2 heterocycles. The Labute approximate surface area is 107 Å². The van der Waals surface area contributed by atoms with Crippen LogP contribution in [0.2, 0.25) is 0 Å². The van der Waals surface area contributed by atoms with E-state index in [1.807, 2.05) is 24.1 Å². The van der Waals surface area contributed by atoms with Crippen molar-refractivity contribution in [2.24, 2.45) is 5.41 Å². The Hall–Kier alpha value is -1.42. The lowest BCUT2D eigenvalue weighted by Gasteiger charge is -2.24. The van der Waals surface area contributed by atoms with Gasteiger partial charge in [0.15, 0.2) is 0 Å². The number of nitrogens with zero attached hydrogens (tertiary/aromatic N) is 2. The Kier molecular flexibility index (Phi) is 2.82. The molecule has 18 heavy (non-hydrogen) atoms. The van der Waals surface area contributed by atoms with Gasteiger partial charge in [-0.1, -0.05) is 6.07 Å². The van der Waals surface area contributed by atoms with Gasteiger partial charge < -0.3 is 10.2 Å². The number of hydrogen-bond donors (Lipinski definition) is 1. The number of aromatic nitrogens is 1. The van der Waals surface area contributed by atoms with Gasteiger partial charge in [0.2, 0.25) is 0 Å². The molecule has 1 aliphatic heterocycles. The van der Waals surface area contributed by atoms with Crippen LogP contribution >= 0.6 is 0 Å². The van der Waals surface area contributed by atoms with Crippen molar-refractivity contribution in [2.75, 3.05) is 20.1 Å². The number of hydrogen-bond acceptors (Lipinski definition) is 3. The third-order valence-corrected chi connectivity index (χ3v) is 4.16. The summed E-state index contributed by atoms with van der Waals surface area (Å²) in [7, 11) is 1.95. The Balaban J connectivity index is 1.79. The summed E-state index contributed by atoms with van der Waals surface area (Å²) in [5.74, 6) is 0.0830. The second-order valence-corrected chi connectivity index (χ2v) is 5.56. The van der Waals surface area contributed by atoms with Crippen LogP contribution in [0.5, 0.6) is 0 Å². The first-order chi connectivity index (χ1) is 8.74. The van der Waals surface area contributed by atoms with Gasteiger partial charge in [0, 0.05) is 25.3 Å². The lowest BCUT2D eigenvalue weighted by atomic mass is 10.0. The number of amides is 1. The Morgan fingerprint density at radius 3 is 3.00 bits per heavy atom. The molecule has 0 radical (unpaired) electrons. The normalized spacial score (nSPS) is 24.5. The van der Waals surface area contributed by atoms with Gasteiger partial charge in [-0.25, -0.2) is 0 Å². The summed E-state index contributed by atoms with van der Waals surface area (Å²) in [4.78, 5) is 18.7. The second-order valence-electron chi connectivity index (χ2n) is 5.56. The molecule has 1 saturated heterocycles. The quantitative estimate of drug-likeness (QED) is 0.873. The van der Waals surface area contributed by atoms with E-state index in [0.717, 1.165) is 19.5 Å². The van der Waals surface area contributed by atoms with Crippen molar-refractivity contribution in [3.05, 3.63) is 30.1 Å².